The van der Waals surface area contributed by atoms with Crippen LogP contribution in [0.3, 0.4) is 0 Å². The second-order valence-electron chi connectivity index (χ2n) is 5.12. The highest BCUT2D eigenvalue weighted by Crippen LogP contribution is 2.33. The standard InChI is InChI=1S/C13H20N2OS/c1-10(16)11-5-4-6-14-12(11)15-7-8-17-13(2,3)9-15/h4-6,10,16H,7-9H2,1-3H3. The van der Waals surface area contributed by atoms with Gasteiger partial charge >= 0.3 is 0 Å². The number of aliphatic hydroxyl groups is 1. The Balaban J connectivity index is 2.27. The fourth-order valence-electron chi connectivity index (χ4n) is 2.20. The van der Waals surface area contributed by atoms with E-state index in [2.05, 4.69) is 23.7 Å². The van der Waals surface area contributed by atoms with Gasteiger partial charge in [-0.1, -0.05) is 6.07 Å². The van der Waals surface area contributed by atoms with Crippen LogP contribution < -0.4 is 4.90 Å². The van der Waals surface area contributed by atoms with Crippen LogP contribution in [0.25, 0.3) is 0 Å². The summed E-state index contributed by atoms with van der Waals surface area (Å²) in [6.07, 6.45) is 1.34. The quantitative estimate of drug-likeness (QED) is 0.877. The molecule has 2 heterocycles. The number of hydrogen-bond acceptors (Lipinski definition) is 4. The lowest BCUT2D eigenvalue weighted by molar-refractivity contribution is 0.199. The number of nitrogens with zero attached hydrogens (tertiary/aromatic N) is 2. The summed E-state index contributed by atoms with van der Waals surface area (Å²) in [4.78, 5) is 6.74. The molecule has 0 amide bonds. The predicted octanol–water partition coefficient (Wildman–Crippen LogP) is 2.47. The molecule has 1 N–H and O–H groups in total. The van der Waals surface area contributed by atoms with Gasteiger partial charge in [0.1, 0.15) is 5.82 Å². The molecule has 1 aromatic heterocycles. The van der Waals surface area contributed by atoms with E-state index in [1.807, 2.05) is 23.9 Å². The minimum Gasteiger partial charge on any atom is -0.389 e. The summed E-state index contributed by atoms with van der Waals surface area (Å²) in [7, 11) is 0. The van der Waals surface area contributed by atoms with Gasteiger partial charge in [-0.2, -0.15) is 11.8 Å². The zero-order valence-corrected chi connectivity index (χ0v) is 11.5. The topological polar surface area (TPSA) is 36.4 Å². The second-order valence-corrected chi connectivity index (χ2v) is 6.92. The van der Waals surface area contributed by atoms with Crippen LogP contribution in [0.4, 0.5) is 5.82 Å². The molecule has 1 aliphatic rings. The van der Waals surface area contributed by atoms with Crippen LogP contribution in [0.15, 0.2) is 18.3 Å². The summed E-state index contributed by atoms with van der Waals surface area (Å²) >= 11 is 2.00. The molecule has 0 radical (unpaired) electrons. The summed E-state index contributed by atoms with van der Waals surface area (Å²) in [5.74, 6) is 2.05. The summed E-state index contributed by atoms with van der Waals surface area (Å²) in [5, 5.41) is 9.79. The zero-order chi connectivity index (χ0) is 12.5. The molecule has 3 nitrogen and oxygen atoms in total. The molecule has 1 saturated heterocycles. The molecule has 2 rings (SSSR count). The molecular weight excluding hydrogens is 232 g/mol. The van der Waals surface area contributed by atoms with E-state index in [0.29, 0.717) is 0 Å². The van der Waals surface area contributed by atoms with Gasteiger partial charge in [0.2, 0.25) is 0 Å². The fourth-order valence-corrected chi connectivity index (χ4v) is 3.31. The molecule has 1 atom stereocenters. The summed E-state index contributed by atoms with van der Waals surface area (Å²) in [6, 6.07) is 3.84. The van der Waals surface area contributed by atoms with Crippen LogP contribution in [0.1, 0.15) is 32.4 Å². The van der Waals surface area contributed by atoms with Crippen LogP contribution in [0.5, 0.6) is 0 Å². The minimum absolute atomic E-state index is 0.256. The molecular formula is C13H20N2OS. The maximum absolute atomic E-state index is 9.79. The van der Waals surface area contributed by atoms with Crippen molar-refractivity contribution in [3.63, 3.8) is 0 Å². The second kappa shape index (κ2) is 4.86. The number of thioether (sulfide) groups is 1. The lowest BCUT2D eigenvalue weighted by Crippen LogP contribution is -2.44. The van der Waals surface area contributed by atoms with Crippen LogP contribution in [-0.4, -0.2) is 33.7 Å². The highest BCUT2D eigenvalue weighted by molar-refractivity contribution is 8.00. The Kier molecular flexibility index (Phi) is 3.64. The molecule has 1 unspecified atom stereocenters. The summed E-state index contributed by atoms with van der Waals surface area (Å²) < 4.78 is 0.256. The van der Waals surface area contributed by atoms with Crippen LogP contribution in [-0.2, 0) is 0 Å². The van der Waals surface area contributed by atoms with Crippen molar-refractivity contribution in [1.82, 2.24) is 4.98 Å². The number of rotatable bonds is 2. The van der Waals surface area contributed by atoms with Crippen molar-refractivity contribution in [3.05, 3.63) is 23.9 Å². The van der Waals surface area contributed by atoms with Gasteiger partial charge in [0, 0.05) is 35.3 Å². The number of aliphatic hydroxyl groups excluding tert-OH is 1. The maximum Gasteiger partial charge on any atom is 0.134 e. The third-order valence-corrected chi connectivity index (χ3v) is 4.29. The van der Waals surface area contributed by atoms with Crippen molar-refractivity contribution < 1.29 is 5.11 Å². The Labute approximate surface area is 107 Å². The zero-order valence-electron chi connectivity index (χ0n) is 10.7. The molecule has 0 bridgehead atoms. The van der Waals surface area contributed by atoms with Gasteiger partial charge in [0.25, 0.3) is 0 Å². The minimum atomic E-state index is -0.462. The van der Waals surface area contributed by atoms with E-state index in [0.717, 1.165) is 30.2 Å². The number of aromatic nitrogens is 1. The number of anilines is 1. The molecule has 1 fully saturated rings. The van der Waals surface area contributed by atoms with Gasteiger partial charge in [-0.3, -0.25) is 0 Å². The Bertz CT molecular complexity index is 393. The van der Waals surface area contributed by atoms with Gasteiger partial charge in [0.15, 0.2) is 0 Å². The van der Waals surface area contributed by atoms with Gasteiger partial charge in [-0.25, -0.2) is 4.98 Å². The number of pyridine rings is 1. The van der Waals surface area contributed by atoms with Crippen LogP contribution in [0, 0.1) is 0 Å². The lowest BCUT2D eigenvalue weighted by atomic mass is 10.1. The van der Waals surface area contributed by atoms with E-state index in [-0.39, 0.29) is 4.75 Å². The van der Waals surface area contributed by atoms with E-state index in [1.54, 1.807) is 13.1 Å². The average Bonchev–Trinajstić information content (AvgIpc) is 2.27. The third-order valence-electron chi connectivity index (χ3n) is 2.99. The summed E-state index contributed by atoms with van der Waals surface area (Å²) in [6.45, 7) is 8.30. The smallest absolute Gasteiger partial charge is 0.134 e. The van der Waals surface area contributed by atoms with Crippen molar-refractivity contribution >= 4 is 17.6 Å². The third kappa shape index (κ3) is 2.93. The average molecular weight is 252 g/mol. The highest BCUT2D eigenvalue weighted by Gasteiger charge is 2.29. The molecule has 0 aromatic carbocycles. The van der Waals surface area contributed by atoms with E-state index in [4.69, 9.17) is 0 Å². The first-order chi connectivity index (χ1) is 7.99. The monoisotopic (exact) mass is 252 g/mol. The van der Waals surface area contributed by atoms with E-state index < -0.39 is 6.10 Å². The van der Waals surface area contributed by atoms with Gasteiger partial charge in [-0.15, -0.1) is 0 Å². The number of hydrogen-bond donors (Lipinski definition) is 1. The van der Waals surface area contributed by atoms with Gasteiger partial charge < -0.3 is 10.0 Å². The fraction of sp³-hybridized carbons (Fsp3) is 0.615. The first kappa shape index (κ1) is 12.7. The van der Waals surface area contributed by atoms with E-state index in [9.17, 15) is 5.11 Å². The van der Waals surface area contributed by atoms with E-state index in [1.165, 1.54) is 0 Å². The Hall–Kier alpha value is -0.740. The Morgan fingerprint density at radius 3 is 2.94 bits per heavy atom. The van der Waals surface area contributed by atoms with Crippen LogP contribution in [0.2, 0.25) is 0 Å². The Morgan fingerprint density at radius 2 is 2.29 bits per heavy atom. The highest BCUT2D eigenvalue weighted by atomic mass is 32.2. The molecule has 4 heteroatoms. The maximum atomic E-state index is 9.79. The largest absolute Gasteiger partial charge is 0.389 e. The molecule has 17 heavy (non-hydrogen) atoms. The molecule has 1 aliphatic heterocycles. The molecule has 0 saturated carbocycles. The van der Waals surface area contributed by atoms with Gasteiger partial charge in [0.05, 0.1) is 6.10 Å². The van der Waals surface area contributed by atoms with Crippen molar-refractivity contribution in [3.8, 4) is 0 Å². The summed E-state index contributed by atoms with van der Waals surface area (Å²) in [5.41, 5.74) is 0.926. The first-order valence-corrected chi connectivity index (χ1v) is 7.00. The molecule has 94 valence electrons. The molecule has 0 spiro atoms. The molecule has 1 aromatic rings. The van der Waals surface area contributed by atoms with Crippen molar-refractivity contribution in [2.24, 2.45) is 0 Å². The van der Waals surface area contributed by atoms with Gasteiger partial charge in [-0.05, 0) is 26.8 Å². The molecule has 0 aliphatic carbocycles. The Morgan fingerprint density at radius 1 is 1.53 bits per heavy atom. The van der Waals surface area contributed by atoms with E-state index >= 15 is 0 Å². The normalized spacial score (nSPS) is 21.3. The predicted molar refractivity (Wildman–Crippen MR) is 73.6 cm³/mol. The van der Waals surface area contributed by atoms with Crippen molar-refractivity contribution in [2.75, 3.05) is 23.7 Å². The van der Waals surface area contributed by atoms with Crippen LogP contribution >= 0.6 is 11.8 Å². The SMILES string of the molecule is CC(O)c1cccnc1N1CCSC(C)(C)C1. The lowest BCUT2D eigenvalue weighted by Gasteiger charge is -2.39. The van der Waals surface area contributed by atoms with Crippen molar-refractivity contribution in [2.45, 2.75) is 31.6 Å². The van der Waals surface area contributed by atoms with Crippen molar-refractivity contribution in [1.29, 1.82) is 0 Å². The first-order valence-electron chi connectivity index (χ1n) is 6.01.